The highest BCUT2D eigenvalue weighted by atomic mass is 16.4. The van der Waals surface area contributed by atoms with Crippen molar-refractivity contribution in [3.8, 4) is 12.3 Å². The van der Waals surface area contributed by atoms with Gasteiger partial charge in [0, 0.05) is 12.6 Å². The molecule has 1 fully saturated rings. The maximum Gasteiger partial charge on any atom is 0.323 e. The average molecular weight is 236 g/mol. The van der Waals surface area contributed by atoms with E-state index in [0.29, 0.717) is 6.54 Å². The van der Waals surface area contributed by atoms with Crippen molar-refractivity contribution in [1.29, 1.82) is 0 Å². The first kappa shape index (κ1) is 13.1. The minimum Gasteiger partial charge on any atom is -0.480 e. The van der Waals surface area contributed by atoms with E-state index in [-0.39, 0.29) is 25.2 Å². The molecular weight excluding hydrogens is 220 g/mol. The largest absolute Gasteiger partial charge is 0.480 e. The fourth-order valence-electron chi connectivity index (χ4n) is 1.55. The Morgan fingerprint density at radius 3 is 2.59 bits per heavy atom. The van der Waals surface area contributed by atoms with Crippen LogP contribution in [-0.2, 0) is 4.79 Å². The van der Waals surface area contributed by atoms with Gasteiger partial charge in [0.2, 0.25) is 0 Å². The Morgan fingerprint density at radius 1 is 1.53 bits per heavy atom. The molecule has 1 aliphatic rings. The summed E-state index contributed by atoms with van der Waals surface area (Å²) < 4.78 is 0. The van der Waals surface area contributed by atoms with Crippen molar-refractivity contribution in [2.75, 3.05) is 19.6 Å². The van der Waals surface area contributed by atoms with Crippen LogP contribution < -0.4 is 0 Å². The van der Waals surface area contributed by atoms with Crippen LogP contribution in [0, 0.1) is 12.3 Å². The maximum absolute atomic E-state index is 12.1. The topological polar surface area (TPSA) is 60.9 Å². The number of amides is 2. The third kappa shape index (κ3) is 3.83. The predicted octanol–water partition coefficient (Wildman–Crippen LogP) is 0.777. The van der Waals surface area contributed by atoms with E-state index >= 15 is 0 Å². The van der Waals surface area contributed by atoms with E-state index in [1.807, 2.05) is 0 Å². The number of rotatable bonds is 6. The van der Waals surface area contributed by atoms with Gasteiger partial charge in [-0.15, -0.1) is 13.0 Å². The Bertz CT molecular complexity index is 355. The molecule has 1 N–H and O–H groups in total. The highest BCUT2D eigenvalue weighted by Crippen LogP contribution is 2.27. The summed E-state index contributed by atoms with van der Waals surface area (Å²) in [7, 11) is 0. The molecule has 0 aromatic rings. The first-order valence-corrected chi connectivity index (χ1v) is 5.41. The van der Waals surface area contributed by atoms with Gasteiger partial charge in [0.05, 0.1) is 6.54 Å². The van der Waals surface area contributed by atoms with E-state index < -0.39 is 5.97 Å². The first-order valence-electron chi connectivity index (χ1n) is 5.41. The second-order valence-corrected chi connectivity index (χ2v) is 3.91. The smallest absolute Gasteiger partial charge is 0.323 e. The number of hydrogen-bond donors (Lipinski definition) is 1. The second kappa shape index (κ2) is 5.94. The van der Waals surface area contributed by atoms with Gasteiger partial charge in [0.1, 0.15) is 6.54 Å². The molecule has 0 aliphatic heterocycles. The van der Waals surface area contributed by atoms with E-state index in [2.05, 4.69) is 12.5 Å². The van der Waals surface area contributed by atoms with Crippen LogP contribution in [0.2, 0.25) is 0 Å². The van der Waals surface area contributed by atoms with Crippen molar-refractivity contribution in [1.82, 2.24) is 9.80 Å². The Morgan fingerprint density at radius 2 is 2.18 bits per heavy atom. The van der Waals surface area contributed by atoms with Gasteiger partial charge < -0.3 is 14.9 Å². The lowest BCUT2D eigenvalue weighted by Crippen LogP contribution is -2.46. The molecule has 2 amide bonds. The molecule has 0 radical (unpaired) electrons. The van der Waals surface area contributed by atoms with Crippen LogP contribution >= 0.6 is 0 Å². The van der Waals surface area contributed by atoms with Crippen LogP contribution in [0.3, 0.4) is 0 Å². The molecule has 0 saturated heterocycles. The summed E-state index contributed by atoms with van der Waals surface area (Å²) in [5.41, 5.74) is 0. The molecule has 0 bridgehead atoms. The normalized spacial score (nSPS) is 13.6. The molecule has 0 aromatic carbocycles. The third-order valence-electron chi connectivity index (χ3n) is 2.44. The van der Waals surface area contributed by atoms with Crippen LogP contribution in [0.25, 0.3) is 0 Å². The zero-order valence-corrected chi connectivity index (χ0v) is 9.63. The summed E-state index contributed by atoms with van der Waals surface area (Å²) in [5.74, 6) is 1.23. The zero-order chi connectivity index (χ0) is 12.8. The molecule has 0 spiro atoms. The summed E-state index contributed by atoms with van der Waals surface area (Å²) in [6, 6.07) is -0.123. The second-order valence-electron chi connectivity index (χ2n) is 3.91. The zero-order valence-electron chi connectivity index (χ0n) is 9.63. The van der Waals surface area contributed by atoms with Crippen molar-refractivity contribution in [2.24, 2.45) is 0 Å². The number of aliphatic carboxylic acids is 1. The summed E-state index contributed by atoms with van der Waals surface area (Å²) in [6.45, 7) is 3.64. The summed E-state index contributed by atoms with van der Waals surface area (Å²) in [4.78, 5) is 25.5. The molecular formula is C12H16N2O3. The van der Waals surface area contributed by atoms with E-state index in [1.54, 1.807) is 11.0 Å². The Kier molecular flexibility index (Phi) is 4.58. The maximum atomic E-state index is 12.1. The predicted molar refractivity (Wildman–Crippen MR) is 63.4 cm³/mol. The number of urea groups is 1. The Labute approximate surface area is 101 Å². The van der Waals surface area contributed by atoms with Crippen molar-refractivity contribution >= 4 is 12.0 Å². The van der Waals surface area contributed by atoms with E-state index in [9.17, 15) is 9.59 Å². The van der Waals surface area contributed by atoms with Crippen LogP contribution in [0.4, 0.5) is 4.79 Å². The molecule has 1 saturated carbocycles. The summed E-state index contributed by atoms with van der Waals surface area (Å²) in [5, 5.41) is 8.72. The van der Waals surface area contributed by atoms with Gasteiger partial charge in [-0.2, -0.15) is 0 Å². The van der Waals surface area contributed by atoms with Gasteiger partial charge in [-0.25, -0.2) is 4.79 Å². The van der Waals surface area contributed by atoms with Crippen molar-refractivity contribution in [2.45, 2.75) is 18.9 Å². The SMILES string of the molecule is C#CCN(CC(=O)O)C(=O)N(CC=C)C1CC1. The van der Waals surface area contributed by atoms with Gasteiger partial charge in [-0.05, 0) is 12.8 Å². The summed E-state index contributed by atoms with van der Waals surface area (Å²) in [6.07, 6.45) is 8.67. The highest BCUT2D eigenvalue weighted by Gasteiger charge is 2.34. The van der Waals surface area contributed by atoms with Crippen molar-refractivity contribution < 1.29 is 14.7 Å². The first-order chi connectivity index (χ1) is 8.10. The standard InChI is InChI=1S/C12H16N2O3/c1-3-7-13(9-11(15)16)12(17)14(8-4-2)10-5-6-10/h1,4,10H,2,5-9H2,(H,15,16). The van der Waals surface area contributed by atoms with Gasteiger partial charge in [-0.3, -0.25) is 4.79 Å². The molecule has 17 heavy (non-hydrogen) atoms. The van der Waals surface area contributed by atoms with Crippen LogP contribution in [-0.4, -0.2) is 52.6 Å². The highest BCUT2D eigenvalue weighted by molar-refractivity contribution is 5.81. The fraction of sp³-hybridized carbons (Fsp3) is 0.500. The number of carbonyl (C=O) groups excluding carboxylic acids is 1. The van der Waals surface area contributed by atoms with Gasteiger partial charge >= 0.3 is 12.0 Å². The van der Waals surface area contributed by atoms with Crippen molar-refractivity contribution in [3.05, 3.63) is 12.7 Å². The van der Waals surface area contributed by atoms with Crippen LogP contribution in [0.1, 0.15) is 12.8 Å². The minimum atomic E-state index is -1.07. The quantitative estimate of drug-likeness (QED) is 0.547. The molecule has 1 aliphatic carbocycles. The van der Waals surface area contributed by atoms with Gasteiger partial charge in [0.25, 0.3) is 0 Å². The lowest BCUT2D eigenvalue weighted by atomic mass is 10.4. The fourth-order valence-corrected chi connectivity index (χ4v) is 1.55. The molecule has 0 heterocycles. The summed E-state index contributed by atoms with van der Waals surface area (Å²) >= 11 is 0. The van der Waals surface area contributed by atoms with Crippen LogP contribution in [0.5, 0.6) is 0 Å². The molecule has 92 valence electrons. The molecule has 0 atom stereocenters. The number of carboxylic acid groups (broad SMARTS) is 1. The lowest BCUT2D eigenvalue weighted by Gasteiger charge is -2.27. The Balaban J connectivity index is 2.69. The average Bonchev–Trinajstić information content (AvgIpc) is 3.07. The third-order valence-corrected chi connectivity index (χ3v) is 2.44. The number of hydrogen-bond acceptors (Lipinski definition) is 2. The monoisotopic (exact) mass is 236 g/mol. The van der Waals surface area contributed by atoms with E-state index in [1.165, 1.54) is 0 Å². The van der Waals surface area contributed by atoms with Gasteiger partial charge in [-0.1, -0.05) is 12.0 Å². The van der Waals surface area contributed by atoms with Crippen LogP contribution in [0.15, 0.2) is 12.7 Å². The minimum absolute atomic E-state index is 0.00545. The molecule has 5 heteroatoms. The molecule has 5 nitrogen and oxygen atoms in total. The lowest BCUT2D eigenvalue weighted by molar-refractivity contribution is -0.137. The number of carbonyl (C=O) groups is 2. The van der Waals surface area contributed by atoms with E-state index in [4.69, 9.17) is 11.5 Å². The number of terminal acetylenes is 1. The molecule has 1 rings (SSSR count). The number of nitrogens with zero attached hydrogens (tertiary/aromatic N) is 2. The molecule has 0 unspecified atom stereocenters. The molecule has 0 aromatic heterocycles. The Hall–Kier alpha value is -1.96. The van der Waals surface area contributed by atoms with E-state index in [0.717, 1.165) is 17.7 Å². The van der Waals surface area contributed by atoms with Crippen molar-refractivity contribution in [3.63, 3.8) is 0 Å². The van der Waals surface area contributed by atoms with Gasteiger partial charge in [0.15, 0.2) is 0 Å². The number of carboxylic acids is 1.